The van der Waals surface area contributed by atoms with E-state index < -0.39 is 5.97 Å². The van der Waals surface area contributed by atoms with E-state index in [4.69, 9.17) is 9.84 Å². The zero-order valence-corrected chi connectivity index (χ0v) is 12.8. The van der Waals surface area contributed by atoms with Gasteiger partial charge >= 0.3 is 5.97 Å². The van der Waals surface area contributed by atoms with Gasteiger partial charge in [-0.25, -0.2) is 0 Å². The van der Waals surface area contributed by atoms with Gasteiger partial charge in [0.25, 0.3) is 0 Å². The van der Waals surface area contributed by atoms with Gasteiger partial charge in [-0.1, -0.05) is 12.1 Å². The topological polar surface area (TPSA) is 49.8 Å². The number of nitrogens with zero attached hydrogens (tertiary/aromatic N) is 1. The van der Waals surface area contributed by atoms with Crippen LogP contribution in [0.4, 0.5) is 0 Å². The van der Waals surface area contributed by atoms with Gasteiger partial charge in [0, 0.05) is 18.5 Å². The Morgan fingerprint density at radius 3 is 2.30 bits per heavy atom. The number of rotatable bonds is 8. The molecule has 0 bridgehead atoms. The van der Waals surface area contributed by atoms with Crippen molar-refractivity contribution in [2.45, 2.75) is 45.7 Å². The largest absolute Gasteiger partial charge is 0.497 e. The predicted molar refractivity (Wildman–Crippen MR) is 80.1 cm³/mol. The highest BCUT2D eigenvalue weighted by Crippen LogP contribution is 2.24. The number of ether oxygens (including phenoxy) is 1. The molecule has 1 rings (SSSR count). The lowest BCUT2D eigenvalue weighted by Crippen LogP contribution is -2.34. The number of carboxylic acid groups (broad SMARTS) is 1. The van der Waals surface area contributed by atoms with Crippen molar-refractivity contribution < 1.29 is 14.6 Å². The third-order valence-corrected chi connectivity index (χ3v) is 3.57. The van der Waals surface area contributed by atoms with E-state index in [0.717, 1.165) is 12.3 Å². The number of carboxylic acids is 1. The summed E-state index contributed by atoms with van der Waals surface area (Å²) in [6.45, 7) is 7.22. The Balaban J connectivity index is 2.71. The monoisotopic (exact) mass is 279 g/mol. The summed E-state index contributed by atoms with van der Waals surface area (Å²) in [5.41, 5.74) is 1.22. The molecule has 4 nitrogen and oxygen atoms in total. The molecular weight excluding hydrogens is 254 g/mol. The van der Waals surface area contributed by atoms with E-state index in [-0.39, 0.29) is 12.5 Å². The minimum Gasteiger partial charge on any atom is -0.497 e. The summed E-state index contributed by atoms with van der Waals surface area (Å²) < 4.78 is 5.17. The normalized spacial score (nSPS) is 12.7. The molecule has 0 aliphatic heterocycles. The van der Waals surface area contributed by atoms with Crippen LogP contribution < -0.4 is 4.74 Å². The van der Waals surface area contributed by atoms with Crippen molar-refractivity contribution in [3.63, 3.8) is 0 Å². The molecule has 112 valence electrons. The van der Waals surface area contributed by atoms with Crippen LogP contribution in [-0.2, 0) is 4.79 Å². The average molecular weight is 279 g/mol. The number of benzene rings is 1. The first-order valence-corrected chi connectivity index (χ1v) is 7.07. The SMILES string of the molecule is COc1ccc(C(C)N(CCCC(=O)O)C(C)C)cc1. The van der Waals surface area contributed by atoms with Gasteiger partial charge in [-0.3, -0.25) is 9.69 Å². The quantitative estimate of drug-likeness (QED) is 0.793. The van der Waals surface area contributed by atoms with E-state index in [2.05, 4.69) is 37.8 Å². The standard InChI is InChI=1S/C16H25NO3/c1-12(2)17(11-5-6-16(18)19)13(3)14-7-9-15(20-4)10-8-14/h7-10,12-13H,5-6,11H2,1-4H3,(H,18,19). The number of hydrogen-bond donors (Lipinski definition) is 1. The lowest BCUT2D eigenvalue weighted by molar-refractivity contribution is -0.137. The molecule has 0 radical (unpaired) electrons. The zero-order valence-electron chi connectivity index (χ0n) is 12.8. The Hall–Kier alpha value is -1.55. The van der Waals surface area contributed by atoms with Gasteiger partial charge in [0.05, 0.1) is 7.11 Å². The molecule has 0 saturated carbocycles. The van der Waals surface area contributed by atoms with Gasteiger partial charge in [0.2, 0.25) is 0 Å². The molecular formula is C16H25NO3. The van der Waals surface area contributed by atoms with E-state index in [0.29, 0.717) is 12.5 Å². The summed E-state index contributed by atoms with van der Waals surface area (Å²) in [7, 11) is 1.66. The van der Waals surface area contributed by atoms with Crippen molar-refractivity contribution in [1.82, 2.24) is 4.90 Å². The number of methoxy groups -OCH3 is 1. The van der Waals surface area contributed by atoms with Gasteiger partial charge < -0.3 is 9.84 Å². The molecule has 1 aromatic carbocycles. The molecule has 0 heterocycles. The first-order valence-electron chi connectivity index (χ1n) is 7.07. The van der Waals surface area contributed by atoms with Gasteiger partial charge in [-0.2, -0.15) is 0 Å². The third-order valence-electron chi connectivity index (χ3n) is 3.57. The minimum atomic E-state index is -0.731. The molecule has 1 atom stereocenters. The van der Waals surface area contributed by atoms with Crippen LogP contribution >= 0.6 is 0 Å². The molecule has 0 saturated heterocycles. The van der Waals surface area contributed by atoms with Crippen LogP contribution in [0.1, 0.15) is 45.2 Å². The first-order chi connectivity index (χ1) is 9.45. The van der Waals surface area contributed by atoms with E-state index >= 15 is 0 Å². The molecule has 1 aromatic rings. The maximum absolute atomic E-state index is 10.6. The molecule has 0 aromatic heterocycles. The molecule has 0 spiro atoms. The van der Waals surface area contributed by atoms with Crippen molar-refractivity contribution >= 4 is 5.97 Å². The summed E-state index contributed by atoms with van der Waals surface area (Å²) in [6, 6.07) is 8.69. The molecule has 0 aliphatic carbocycles. The summed E-state index contributed by atoms with van der Waals surface area (Å²) in [5.74, 6) is 0.119. The van der Waals surface area contributed by atoms with E-state index in [1.54, 1.807) is 7.11 Å². The first kappa shape index (κ1) is 16.5. The van der Waals surface area contributed by atoms with Crippen LogP contribution in [0, 0.1) is 0 Å². The van der Waals surface area contributed by atoms with Crippen LogP contribution in [0.15, 0.2) is 24.3 Å². The van der Waals surface area contributed by atoms with Crippen molar-refractivity contribution in [3.8, 4) is 5.75 Å². The smallest absolute Gasteiger partial charge is 0.303 e. The highest BCUT2D eigenvalue weighted by Gasteiger charge is 2.18. The van der Waals surface area contributed by atoms with Crippen molar-refractivity contribution in [2.75, 3.05) is 13.7 Å². The van der Waals surface area contributed by atoms with Crippen molar-refractivity contribution in [2.24, 2.45) is 0 Å². The minimum absolute atomic E-state index is 0.221. The fourth-order valence-electron chi connectivity index (χ4n) is 2.39. The second kappa shape index (κ2) is 7.90. The van der Waals surface area contributed by atoms with Gasteiger partial charge in [0.1, 0.15) is 5.75 Å². The molecule has 4 heteroatoms. The highest BCUT2D eigenvalue weighted by atomic mass is 16.5. The summed E-state index contributed by atoms with van der Waals surface area (Å²) in [4.78, 5) is 13.0. The summed E-state index contributed by atoms with van der Waals surface area (Å²) >= 11 is 0. The van der Waals surface area contributed by atoms with Crippen LogP contribution in [0.3, 0.4) is 0 Å². The zero-order chi connectivity index (χ0) is 15.1. The Morgan fingerprint density at radius 1 is 1.25 bits per heavy atom. The van der Waals surface area contributed by atoms with E-state index in [1.165, 1.54) is 5.56 Å². The maximum atomic E-state index is 10.6. The van der Waals surface area contributed by atoms with Crippen LogP contribution in [-0.4, -0.2) is 35.7 Å². The Labute approximate surface area is 121 Å². The van der Waals surface area contributed by atoms with E-state index in [9.17, 15) is 4.79 Å². The van der Waals surface area contributed by atoms with Crippen molar-refractivity contribution in [1.29, 1.82) is 0 Å². The number of aliphatic carboxylic acids is 1. The highest BCUT2D eigenvalue weighted by molar-refractivity contribution is 5.66. The fraction of sp³-hybridized carbons (Fsp3) is 0.562. The molecule has 1 unspecified atom stereocenters. The average Bonchev–Trinajstić information content (AvgIpc) is 2.42. The van der Waals surface area contributed by atoms with Crippen molar-refractivity contribution in [3.05, 3.63) is 29.8 Å². The summed E-state index contributed by atoms with van der Waals surface area (Å²) in [5, 5.41) is 8.75. The second-order valence-corrected chi connectivity index (χ2v) is 5.28. The molecule has 1 N–H and O–H groups in total. The molecule has 0 aliphatic rings. The van der Waals surface area contributed by atoms with Crippen LogP contribution in [0.2, 0.25) is 0 Å². The Bertz CT molecular complexity index is 414. The molecule has 0 fully saturated rings. The predicted octanol–water partition coefficient (Wildman–Crippen LogP) is 3.33. The second-order valence-electron chi connectivity index (χ2n) is 5.28. The van der Waals surface area contributed by atoms with Crippen LogP contribution in [0.25, 0.3) is 0 Å². The lowest BCUT2D eigenvalue weighted by Gasteiger charge is -2.33. The third kappa shape index (κ3) is 4.85. The van der Waals surface area contributed by atoms with Gasteiger partial charge in [-0.15, -0.1) is 0 Å². The number of carbonyl (C=O) groups is 1. The summed E-state index contributed by atoms with van der Waals surface area (Å²) in [6.07, 6.45) is 0.895. The molecule has 20 heavy (non-hydrogen) atoms. The van der Waals surface area contributed by atoms with Crippen LogP contribution in [0.5, 0.6) is 5.75 Å². The Morgan fingerprint density at radius 2 is 1.85 bits per heavy atom. The van der Waals surface area contributed by atoms with E-state index in [1.807, 2.05) is 12.1 Å². The Kier molecular flexibility index (Phi) is 6.52. The van der Waals surface area contributed by atoms with Gasteiger partial charge in [0.15, 0.2) is 0 Å². The fourth-order valence-corrected chi connectivity index (χ4v) is 2.39. The lowest BCUT2D eigenvalue weighted by atomic mass is 10.0. The molecule has 0 amide bonds. The maximum Gasteiger partial charge on any atom is 0.303 e. The number of hydrogen-bond acceptors (Lipinski definition) is 3. The van der Waals surface area contributed by atoms with Gasteiger partial charge in [-0.05, 0) is 51.4 Å².